The Morgan fingerprint density at radius 2 is 2.25 bits per heavy atom. The van der Waals surface area contributed by atoms with E-state index in [0.717, 1.165) is 12.1 Å². The van der Waals surface area contributed by atoms with E-state index in [1.807, 2.05) is 18.9 Å². The van der Waals surface area contributed by atoms with Crippen molar-refractivity contribution in [2.75, 3.05) is 18.5 Å². The number of benzene rings is 1. The maximum absolute atomic E-state index is 13.0. The van der Waals surface area contributed by atoms with Crippen LogP contribution in [-0.2, 0) is 0 Å². The van der Waals surface area contributed by atoms with Crippen molar-refractivity contribution >= 4 is 17.3 Å². The fourth-order valence-corrected chi connectivity index (χ4v) is 1.59. The molecule has 1 aromatic rings. The molecule has 0 radical (unpaired) electrons. The molecule has 0 bridgehead atoms. The van der Waals surface area contributed by atoms with Gasteiger partial charge in [-0.3, -0.25) is 0 Å². The van der Waals surface area contributed by atoms with Crippen molar-refractivity contribution in [1.29, 1.82) is 5.26 Å². The number of hydrogen-bond donors (Lipinski definition) is 0. The van der Waals surface area contributed by atoms with Gasteiger partial charge in [0, 0.05) is 19.3 Å². The lowest BCUT2D eigenvalue weighted by atomic mass is 10.1. The van der Waals surface area contributed by atoms with Crippen molar-refractivity contribution < 1.29 is 4.39 Å². The number of nitriles is 1. The summed E-state index contributed by atoms with van der Waals surface area (Å²) in [6.07, 6.45) is 0.801. The van der Waals surface area contributed by atoms with E-state index >= 15 is 0 Å². The van der Waals surface area contributed by atoms with Gasteiger partial charge in [-0.25, -0.2) is 4.39 Å². The molecule has 1 atom stereocenters. The highest BCUT2D eigenvalue weighted by Crippen LogP contribution is 2.22. The van der Waals surface area contributed by atoms with Crippen molar-refractivity contribution in [3.8, 4) is 6.07 Å². The predicted octanol–water partition coefficient (Wildman–Crippen LogP) is 3.47. The lowest BCUT2D eigenvalue weighted by Gasteiger charge is -2.21. The van der Waals surface area contributed by atoms with E-state index in [0.29, 0.717) is 6.54 Å². The van der Waals surface area contributed by atoms with E-state index < -0.39 is 5.82 Å². The Balaban J connectivity index is 2.77. The molecule has 16 heavy (non-hydrogen) atoms. The zero-order valence-electron chi connectivity index (χ0n) is 9.37. The van der Waals surface area contributed by atoms with Crippen LogP contribution in [0.2, 0.25) is 5.02 Å². The molecule has 0 aliphatic rings. The molecule has 0 amide bonds. The fraction of sp³-hybridized carbons (Fsp3) is 0.417. The summed E-state index contributed by atoms with van der Waals surface area (Å²) in [7, 11) is 1.86. The lowest BCUT2D eigenvalue weighted by molar-refractivity contribution is 0.622. The first kappa shape index (κ1) is 12.8. The van der Waals surface area contributed by atoms with Crippen molar-refractivity contribution in [2.45, 2.75) is 13.3 Å². The molecule has 0 aliphatic carbocycles. The molecule has 1 rings (SSSR count). The number of halogens is 2. The average Bonchev–Trinajstić information content (AvgIpc) is 2.29. The van der Waals surface area contributed by atoms with Crippen LogP contribution < -0.4 is 4.90 Å². The molecule has 0 saturated carbocycles. The van der Waals surface area contributed by atoms with Gasteiger partial charge in [-0.1, -0.05) is 18.5 Å². The molecule has 1 aromatic carbocycles. The van der Waals surface area contributed by atoms with E-state index in [1.54, 1.807) is 12.1 Å². The van der Waals surface area contributed by atoms with Crippen molar-refractivity contribution in [2.24, 2.45) is 5.92 Å². The third-order valence-electron chi connectivity index (χ3n) is 2.51. The van der Waals surface area contributed by atoms with E-state index in [9.17, 15) is 4.39 Å². The first-order valence-corrected chi connectivity index (χ1v) is 5.52. The summed E-state index contributed by atoms with van der Waals surface area (Å²) in [5, 5.41) is 8.96. The summed E-state index contributed by atoms with van der Waals surface area (Å²) in [5.74, 6) is -0.444. The van der Waals surface area contributed by atoms with Crippen LogP contribution in [-0.4, -0.2) is 13.6 Å². The highest BCUT2D eigenvalue weighted by atomic mass is 35.5. The van der Waals surface area contributed by atoms with E-state index in [4.69, 9.17) is 16.9 Å². The minimum Gasteiger partial charge on any atom is -0.373 e. The topological polar surface area (TPSA) is 27.0 Å². The van der Waals surface area contributed by atoms with Crippen LogP contribution in [0.15, 0.2) is 18.2 Å². The van der Waals surface area contributed by atoms with Gasteiger partial charge in [0.2, 0.25) is 0 Å². The fourth-order valence-electron chi connectivity index (χ4n) is 1.42. The highest BCUT2D eigenvalue weighted by molar-refractivity contribution is 6.31. The van der Waals surface area contributed by atoms with E-state index in [2.05, 4.69) is 6.07 Å². The third kappa shape index (κ3) is 3.11. The van der Waals surface area contributed by atoms with Crippen LogP contribution in [0.5, 0.6) is 0 Å². The average molecular weight is 241 g/mol. The first-order valence-electron chi connectivity index (χ1n) is 5.14. The first-order chi connectivity index (χ1) is 7.58. The molecule has 2 nitrogen and oxygen atoms in total. The molecular weight excluding hydrogens is 227 g/mol. The van der Waals surface area contributed by atoms with Crippen molar-refractivity contribution in [3.05, 3.63) is 29.0 Å². The molecule has 0 saturated heterocycles. The van der Waals surface area contributed by atoms with Gasteiger partial charge in [0.05, 0.1) is 17.0 Å². The molecule has 0 heterocycles. The monoisotopic (exact) mass is 240 g/mol. The Bertz CT molecular complexity index is 400. The van der Waals surface area contributed by atoms with Gasteiger partial charge in [-0.2, -0.15) is 5.26 Å². The number of anilines is 1. The standard InChI is InChI=1S/C12H14ClFN2/c1-3-9(7-15)8-16(2)10-4-5-12(14)11(13)6-10/h4-6,9H,3,8H2,1-2H3. The summed E-state index contributed by atoms with van der Waals surface area (Å²) in [6, 6.07) is 6.79. The molecular formula is C12H14ClFN2. The molecule has 0 aliphatic heterocycles. The second kappa shape index (κ2) is 5.72. The zero-order chi connectivity index (χ0) is 12.1. The van der Waals surface area contributed by atoms with Crippen molar-refractivity contribution in [3.63, 3.8) is 0 Å². The molecule has 1 unspecified atom stereocenters. The van der Waals surface area contributed by atoms with Gasteiger partial charge in [-0.15, -0.1) is 0 Å². The molecule has 0 fully saturated rings. The van der Waals surface area contributed by atoms with E-state index in [-0.39, 0.29) is 10.9 Å². The summed E-state index contributed by atoms with van der Waals surface area (Å²) in [6.45, 7) is 2.59. The molecule has 4 heteroatoms. The predicted molar refractivity (Wildman–Crippen MR) is 64.1 cm³/mol. The smallest absolute Gasteiger partial charge is 0.141 e. The second-order valence-corrected chi connectivity index (χ2v) is 4.12. The molecule has 86 valence electrons. The minimum absolute atomic E-state index is 0.0196. The highest BCUT2D eigenvalue weighted by Gasteiger charge is 2.10. The maximum Gasteiger partial charge on any atom is 0.141 e. The molecule has 0 N–H and O–H groups in total. The van der Waals surface area contributed by atoms with Crippen LogP contribution in [0, 0.1) is 23.1 Å². The van der Waals surface area contributed by atoms with Gasteiger partial charge in [0.1, 0.15) is 5.82 Å². The lowest BCUT2D eigenvalue weighted by Crippen LogP contribution is -2.24. The number of rotatable bonds is 4. The Labute approximate surface area is 100 Å². The van der Waals surface area contributed by atoms with Crippen LogP contribution in [0.4, 0.5) is 10.1 Å². The summed E-state index contributed by atoms with van der Waals surface area (Å²) < 4.78 is 13.0. The largest absolute Gasteiger partial charge is 0.373 e. The minimum atomic E-state index is -0.425. The van der Waals surface area contributed by atoms with Gasteiger partial charge in [0.15, 0.2) is 0 Å². The Hall–Kier alpha value is -1.27. The Kier molecular flexibility index (Phi) is 4.57. The molecule has 0 aromatic heterocycles. The summed E-state index contributed by atoms with van der Waals surface area (Å²) in [5.41, 5.74) is 0.820. The van der Waals surface area contributed by atoms with Crippen LogP contribution in [0.1, 0.15) is 13.3 Å². The van der Waals surface area contributed by atoms with Crippen molar-refractivity contribution in [1.82, 2.24) is 0 Å². The summed E-state index contributed by atoms with van der Waals surface area (Å²) >= 11 is 5.70. The van der Waals surface area contributed by atoms with E-state index in [1.165, 1.54) is 6.07 Å². The van der Waals surface area contributed by atoms with Gasteiger partial charge in [-0.05, 0) is 24.6 Å². The number of nitrogens with zero attached hydrogens (tertiary/aromatic N) is 2. The van der Waals surface area contributed by atoms with Crippen LogP contribution >= 0.6 is 11.6 Å². The van der Waals surface area contributed by atoms with Gasteiger partial charge >= 0.3 is 0 Å². The van der Waals surface area contributed by atoms with Gasteiger partial charge < -0.3 is 4.90 Å². The second-order valence-electron chi connectivity index (χ2n) is 3.71. The molecule has 0 spiro atoms. The number of hydrogen-bond acceptors (Lipinski definition) is 2. The van der Waals surface area contributed by atoms with Crippen LogP contribution in [0.25, 0.3) is 0 Å². The van der Waals surface area contributed by atoms with Crippen LogP contribution in [0.3, 0.4) is 0 Å². The normalized spacial score (nSPS) is 11.9. The quantitative estimate of drug-likeness (QED) is 0.806. The maximum atomic E-state index is 13.0. The SMILES string of the molecule is CCC(C#N)CN(C)c1ccc(F)c(Cl)c1. The third-order valence-corrected chi connectivity index (χ3v) is 2.80. The Morgan fingerprint density at radius 1 is 1.56 bits per heavy atom. The van der Waals surface area contributed by atoms with Gasteiger partial charge in [0.25, 0.3) is 0 Å². The Morgan fingerprint density at radius 3 is 2.75 bits per heavy atom. The zero-order valence-corrected chi connectivity index (χ0v) is 10.1. The summed E-state index contributed by atoms with van der Waals surface area (Å²) in [4.78, 5) is 1.91.